The Hall–Kier alpha value is -0.310. The van der Waals surface area contributed by atoms with E-state index in [1.807, 2.05) is 6.26 Å². The Morgan fingerprint density at radius 3 is 2.78 bits per heavy atom. The first kappa shape index (κ1) is 8.69. The number of hydrogen-bond acceptors (Lipinski definition) is 2. The van der Waals surface area contributed by atoms with Gasteiger partial charge < -0.3 is 5.41 Å². The summed E-state index contributed by atoms with van der Waals surface area (Å²) in [5.74, 6) is 0. The summed E-state index contributed by atoms with van der Waals surface area (Å²) < 4.78 is 11.6. The molecule has 0 aromatic carbocycles. The third-order valence-corrected chi connectivity index (χ3v) is 1.74. The lowest BCUT2D eigenvalue weighted by molar-refractivity contribution is 0.499. The van der Waals surface area contributed by atoms with Gasteiger partial charge in [0.25, 0.3) is 0 Å². The monoisotopic (exact) mass is 147 g/mol. The Labute approximate surface area is 58.8 Å². The molecule has 0 heterocycles. The summed E-state index contributed by atoms with van der Waals surface area (Å²) in [5.41, 5.74) is 0. The summed E-state index contributed by atoms with van der Waals surface area (Å²) in [6, 6.07) is 0. The van der Waals surface area contributed by atoms with E-state index in [4.69, 9.17) is 5.41 Å². The first-order valence-electron chi connectivity index (χ1n) is 2.64. The summed E-state index contributed by atoms with van der Waals surface area (Å²) in [6.45, 7) is -0.333. The van der Waals surface area contributed by atoms with Crippen LogP contribution in [0.5, 0.6) is 0 Å². The fourth-order valence-electron chi connectivity index (χ4n) is 0.440. The van der Waals surface area contributed by atoms with Crippen molar-refractivity contribution in [3.05, 3.63) is 11.0 Å². The number of rotatable bonds is 4. The van der Waals surface area contributed by atoms with Crippen molar-refractivity contribution in [1.82, 2.24) is 0 Å². The average Bonchev–Trinajstić information content (AvgIpc) is 1.88. The van der Waals surface area contributed by atoms with Gasteiger partial charge in [0.05, 0.1) is 6.67 Å². The Kier molecular flexibility index (Phi) is 5.62. The van der Waals surface area contributed by atoms with E-state index in [1.165, 1.54) is 18.0 Å². The van der Waals surface area contributed by atoms with Gasteiger partial charge in [-0.2, -0.15) is 0 Å². The molecule has 0 atom stereocenters. The highest BCUT2D eigenvalue weighted by atomic mass is 32.2. The number of hydrogen-bond donors (Lipinski definition) is 1. The maximum absolute atomic E-state index is 11.6. The van der Waals surface area contributed by atoms with Gasteiger partial charge in [-0.1, -0.05) is 0 Å². The fourth-order valence-corrected chi connectivity index (χ4v) is 0.925. The third kappa shape index (κ3) is 4.21. The molecule has 0 spiro atoms. The van der Waals surface area contributed by atoms with Gasteiger partial charge >= 0.3 is 0 Å². The SMILES string of the molecule is CS/C(=C/C=N)CCF. The topological polar surface area (TPSA) is 23.9 Å². The largest absolute Gasteiger partial charge is 0.309 e. The van der Waals surface area contributed by atoms with Crippen molar-refractivity contribution in [1.29, 1.82) is 5.41 Å². The molecule has 0 aliphatic rings. The van der Waals surface area contributed by atoms with Crippen LogP contribution in [0.3, 0.4) is 0 Å². The van der Waals surface area contributed by atoms with Gasteiger partial charge in [0, 0.05) is 12.6 Å². The van der Waals surface area contributed by atoms with Crippen molar-refractivity contribution in [3.63, 3.8) is 0 Å². The minimum Gasteiger partial charge on any atom is -0.309 e. The molecular weight excluding hydrogens is 137 g/mol. The second kappa shape index (κ2) is 5.82. The molecule has 0 aliphatic carbocycles. The van der Waals surface area contributed by atoms with E-state index in [0.717, 1.165) is 4.91 Å². The molecule has 0 saturated heterocycles. The summed E-state index contributed by atoms with van der Waals surface area (Å²) in [7, 11) is 0. The lowest BCUT2D eigenvalue weighted by Gasteiger charge is -1.95. The van der Waals surface area contributed by atoms with Gasteiger partial charge in [0.2, 0.25) is 0 Å². The van der Waals surface area contributed by atoms with Gasteiger partial charge in [0.15, 0.2) is 0 Å². The minimum absolute atomic E-state index is 0.333. The number of alkyl halides is 1. The molecule has 0 bridgehead atoms. The van der Waals surface area contributed by atoms with E-state index in [9.17, 15) is 4.39 Å². The molecule has 1 N–H and O–H groups in total. The maximum atomic E-state index is 11.6. The highest BCUT2D eigenvalue weighted by Crippen LogP contribution is 2.14. The van der Waals surface area contributed by atoms with Crippen LogP contribution in [0.4, 0.5) is 4.39 Å². The van der Waals surface area contributed by atoms with E-state index in [0.29, 0.717) is 6.42 Å². The minimum atomic E-state index is -0.333. The zero-order valence-corrected chi connectivity index (χ0v) is 6.17. The van der Waals surface area contributed by atoms with Crippen molar-refractivity contribution in [2.24, 2.45) is 0 Å². The lowest BCUT2D eigenvalue weighted by Crippen LogP contribution is -1.79. The molecule has 0 fully saturated rings. The smallest absolute Gasteiger partial charge is 0.0939 e. The van der Waals surface area contributed by atoms with Gasteiger partial charge in [-0.05, 0) is 17.2 Å². The predicted octanol–water partition coefficient (Wildman–Crippen LogP) is 2.24. The van der Waals surface area contributed by atoms with Gasteiger partial charge in [-0.15, -0.1) is 11.8 Å². The van der Waals surface area contributed by atoms with Crippen LogP contribution < -0.4 is 0 Å². The fraction of sp³-hybridized carbons (Fsp3) is 0.500. The summed E-state index contributed by atoms with van der Waals surface area (Å²) >= 11 is 1.49. The van der Waals surface area contributed by atoms with E-state index in [1.54, 1.807) is 6.08 Å². The molecule has 0 aromatic heterocycles. The maximum Gasteiger partial charge on any atom is 0.0939 e. The van der Waals surface area contributed by atoms with Crippen LogP contribution >= 0.6 is 11.8 Å². The standard InChI is InChI=1S/C6H10FNS/c1-9-6(2-4-7)3-5-8/h3,5,8H,2,4H2,1H3/b6-3+,8-5?. The van der Waals surface area contributed by atoms with Crippen LogP contribution in [0, 0.1) is 5.41 Å². The first-order valence-corrected chi connectivity index (χ1v) is 3.87. The van der Waals surface area contributed by atoms with Crippen molar-refractivity contribution >= 4 is 18.0 Å². The van der Waals surface area contributed by atoms with Crippen LogP contribution in [0.25, 0.3) is 0 Å². The molecule has 0 amide bonds. The summed E-state index contributed by atoms with van der Waals surface area (Å²) in [4.78, 5) is 0.924. The molecule has 0 unspecified atom stereocenters. The molecule has 0 saturated carbocycles. The average molecular weight is 147 g/mol. The highest BCUT2D eigenvalue weighted by Gasteiger charge is 1.90. The Morgan fingerprint density at radius 2 is 2.44 bits per heavy atom. The van der Waals surface area contributed by atoms with E-state index in [-0.39, 0.29) is 6.67 Å². The molecule has 0 radical (unpaired) electrons. The van der Waals surface area contributed by atoms with Crippen LogP contribution in [0.1, 0.15) is 6.42 Å². The summed E-state index contributed by atoms with van der Waals surface area (Å²) in [5, 5.41) is 6.68. The van der Waals surface area contributed by atoms with Crippen LogP contribution in [-0.2, 0) is 0 Å². The number of thioether (sulfide) groups is 1. The lowest BCUT2D eigenvalue weighted by atomic mass is 10.4. The van der Waals surface area contributed by atoms with Crippen LogP contribution in [0.2, 0.25) is 0 Å². The Balaban J connectivity index is 3.66. The van der Waals surface area contributed by atoms with Crippen LogP contribution in [0.15, 0.2) is 11.0 Å². The van der Waals surface area contributed by atoms with E-state index >= 15 is 0 Å². The quantitative estimate of drug-likeness (QED) is 0.606. The molecular formula is C6H10FNS. The third-order valence-electron chi connectivity index (χ3n) is 0.872. The van der Waals surface area contributed by atoms with Crippen molar-refractivity contribution < 1.29 is 4.39 Å². The number of halogens is 1. The van der Waals surface area contributed by atoms with Gasteiger partial charge in [-0.3, -0.25) is 4.39 Å². The second-order valence-electron chi connectivity index (χ2n) is 1.44. The molecule has 0 aromatic rings. The van der Waals surface area contributed by atoms with Crippen molar-refractivity contribution in [2.75, 3.05) is 12.9 Å². The molecule has 9 heavy (non-hydrogen) atoms. The van der Waals surface area contributed by atoms with E-state index < -0.39 is 0 Å². The number of allylic oxidation sites excluding steroid dienone is 2. The van der Waals surface area contributed by atoms with Gasteiger partial charge in [0.1, 0.15) is 0 Å². The molecule has 0 aliphatic heterocycles. The Morgan fingerprint density at radius 1 is 1.78 bits per heavy atom. The first-order chi connectivity index (χ1) is 4.35. The molecule has 3 heteroatoms. The van der Waals surface area contributed by atoms with Crippen molar-refractivity contribution in [2.45, 2.75) is 6.42 Å². The molecule has 1 nitrogen and oxygen atoms in total. The van der Waals surface area contributed by atoms with Gasteiger partial charge in [-0.25, -0.2) is 0 Å². The van der Waals surface area contributed by atoms with E-state index in [2.05, 4.69) is 0 Å². The van der Waals surface area contributed by atoms with Crippen LogP contribution in [-0.4, -0.2) is 19.1 Å². The zero-order chi connectivity index (χ0) is 7.11. The molecule has 0 rings (SSSR count). The Bertz CT molecular complexity index is 112. The number of nitrogens with one attached hydrogen (secondary N) is 1. The molecule has 52 valence electrons. The summed E-state index contributed by atoms with van der Waals surface area (Å²) in [6.07, 6.45) is 5.12. The predicted molar refractivity (Wildman–Crippen MR) is 41.0 cm³/mol. The zero-order valence-electron chi connectivity index (χ0n) is 5.36. The second-order valence-corrected chi connectivity index (χ2v) is 2.38. The normalized spacial score (nSPS) is 11.6. The highest BCUT2D eigenvalue weighted by molar-refractivity contribution is 8.02. The van der Waals surface area contributed by atoms with Crippen molar-refractivity contribution in [3.8, 4) is 0 Å².